The second kappa shape index (κ2) is 15.4. The monoisotopic (exact) mass is 815 g/mol. The number of fused-ring (bicyclic) bond motifs is 6. The Bertz CT molecular complexity index is 2350. The van der Waals surface area contributed by atoms with Gasteiger partial charge < -0.3 is 19.1 Å². The number of carbonyl (C=O) groups excluding carboxylic acids is 3. The lowest BCUT2D eigenvalue weighted by Crippen LogP contribution is -2.53. The fraction of sp³-hybridized carbons (Fsp3) is 0.531. The first-order chi connectivity index (χ1) is 28.3. The van der Waals surface area contributed by atoms with Gasteiger partial charge in [0.05, 0.1) is 17.4 Å². The maximum Gasteiger partial charge on any atom is 0.412 e. The maximum atomic E-state index is 14.1. The minimum atomic E-state index is -0.685. The third-order valence-corrected chi connectivity index (χ3v) is 12.8. The lowest BCUT2D eigenvalue weighted by molar-refractivity contribution is -0.138. The van der Waals surface area contributed by atoms with Crippen molar-refractivity contribution in [3.8, 4) is 16.9 Å². The summed E-state index contributed by atoms with van der Waals surface area (Å²) in [7, 11) is 0. The van der Waals surface area contributed by atoms with Crippen molar-refractivity contribution in [2.75, 3.05) is 13.1 Å². The minimum absolute atomic E-state index is 0.0160. The lowest BCUT2D eigenvalue weighted by atomic mass is 9.89. The Kier molecular flexibility index (Phi) is 10.6. The molecule has 0 radical (unpaired) electrons. The van der Waals surface area contributed by atoms with Crippen molar-refractivity contribution >= 4 is 51.5 Å². The second-order valence-electron chi connectivity index (χ2n) is 19.8. The zero-order valence-corrected chi connectivity index (χ0v) is 37.2. The molecule has 2 saturated heterocycles. The van der Waals surface area contributed by atoms with Gasteiger partial charge in [-0.1, -0.05) is 52.3 Å². The molecule has 2 fully saturated rings. The van der Waals surface area contributed by atoms with E-state index in [1.165, 1.54) is 0 Å². The van der Waals surface area contributed by atoms with Crippen LogP contribution in [0.5, 0.6) is 5.75 Å². The summed E-state index contributed by atoms with van der Waals surface area (Å²) in [6, 6.07) is 14.8. The van der Waals surface area contributed by atoms with Gasteiger partial charge in [0.15, 0.2) is 0 Å². The van der Waals surface area contributed by atoms with Crippen LogP contribution in [0.2, 0.25) is 0 Å². The largest absolute Gasteiger partial charge is 0.488 e. The number of allylic oxidation sites excluding steroid dienone is 1. The first kappa shape index (κ1) is 41.5. The van der Waals surface area contributed by atoms with Crippen LogP contribution in [0, 0.1) is 17.8 Å². The molecule has 0 N–H and O–H groups in total. The Labute approximate surface area is 354 Å². The normalized spacial score (nSPS) is 22.9. The van der Waals surface area contributed by atoms with Gasteiger partial charge in [0.25, 0.3) is 0 Å². The molecule has 5 heterocycles. The summed E-state index contributed by atoms with van der Waals surface area (Å²) in [6.45, 7) is 23.0. The SMILES string of the molecule is CC[C@H]1C[C@@H](C2=NC=C(c3ccc4c(c3)COc3cc5c6c(ccc5cc3-4)N=C([C@@H]3N(C(=O)OC(C)(C)C)C[C@H](C)N3C(=O)[C@@H](C)C(C)C)C6)C2)N(C(=O)OC(C)(C)C)C1. The van der Waals surface area contributed by atoms with Crippen molar-refractivity contribution in [1.82, 2.24) is 14.7 Å². The quantitative estimate of drug-likeness (QED) is 0.245. The van der Waals surface area contributed by atoms with Gasteiger partial charge in [-0.25, -0.2) is 9.59 Å². The zero-order valence-electron chi connectivity index (χ0n) is 37.2. The summed E-state index contributed by atoms with van der Waals surface area (Å²) in [4.78, 5) is 56.5. The molecule has 0 aromatic heterocycles. The van der Waals surface area contributed by atoms with Crippen LogP contribution in [0.25, 0.3) is 27.5 Å². The zero-order chi connectivity index (χ0) is 43.0. The van der Waals surface area contributed by atoms with Crippen molar-refractivity contribution in [3.05, 3.63) is 65.4 Å². The van der Waals surface area contributed by atoms with E-state index in [0.29, 0.717) is 38.5 Å². The Morgan fingerprint density at radius 2 is 1.58 bits per heavy atom. The molecule has 0 aliphatic carbocycles. The molecule has 0 unspecified atom stereocenters. The first-order valence-electron chi connectivity index (χ1n) is 21.8. The number of hydrogen-bond donors (Lipinski definition) is 0. The predicted octanol–water partition coefficient (Wildman–Crippen LogP) is 10.3. The average molecular weight is 816 g/mol. The molecule has 11 heteroatoms. The first-order valence-corrected chi connectivity index (χ1v) is 21.8. The molecule has 5 aliphatic heterocycles. The Balaban J connectivity index is 1.03. The number of benzene rings is 3. The van der Waals surface area contributed by atoms with Crippen molar-refractivity contribution in [2.45, 2.75) is 138 Å². The molecule has 11 nitrogen and oxygen atoms in total. The molecular weight excluding hydrogens is 755 g/mol. The summed E-state index contributed by atoms with van der Waals surface area (Å²) in [5.41, 5.74) is 7.96. The number of hydrogen-bond acceptors (Lipinski definition) is 8. The van der Waals surface area contributed by atoms with Crippen LogP contribution in [-0.4, -0.2) is 86.8 Å². The fourth-order valence-corrected chi connectivity index (χ4v) is 9.32. The highest BCUT2D eigenvalue weighted by Gasteiger charge is 2.48. The number of ether oxygens (including phenoxy) is 3. The van der Waals surface area contributed by atoms with Gasteiger partial charge in [-0.15, -0.1) is 0 Å². The molecule has 3 amide bonds. The van der Waals surface area contributed by atoms with Gasteiger partial charge in [0, 0.05) is 55.4 Å². The molecule has 5 aliphatic rings. The van der Waals surface area contributed by atoms with Crippen LogP contribution < -0.4 is 4.74 Å². The molecule has 0 spiro atoms. The molecule has 0 bridgehead atoms. The van der Waals surface area contributed by atoms with Gasteiger partial charge >= 0.3 is 12.2 Å². The maximum absolute atomic E-state index is 14.1. The Morgan fingerprint density at radius 1 is 0.867 bits per heavy atom. The minimum Gasteiger partial charge on any atom is -0.488 e. The van der Waals surface area contributed by atoms with E-state index in [1.54, 1.807) is 4.90 Å². The molecule has 60 heavy (non-hydrogen) atoms. The van der Waals surface area contributed by atoms with Gasteiger partial charge in [0.1, 0.15) is 29.7 Å². The van der Waals surface area contributed by atoms with Crippen LogP contribution in [-0.2, 0) is 27.3 Å². The summed E-state index contributed by atoms with van der Waals surface area (Å²) >= 11 is 0. The van der Waals surface area contributed by atoms with Crippen LogP contribution in [0.1, 0.15) is 112 Å². The molecule has 318 valence electrons. The molecular formula is C49H61N5O6. The van der Waals surface area contributed by atoms with E-state index in [0.717, 1.165) is 79.9 Å². The number of rotatable bonds is 6. The van der Waals surface area contributed by atoms with E-state index in [2.05, 4.69) is 57.2 Å². The Morgan fingerprint density at radius 3 is 2.27 bits per heavy atom. The number of nitrogens with zero attached hydrogens (tertiary/aromatic N) is 5. The predicted molar refractivity (Wildman–Crippen MR) is 237 cm³/mol. The van der Waals surface area contributed by atoms with Crippen molar-refractivity contribution < 1.29 is 28.6 Å². The molecule has 0 saturated carbocycles. The second-order valence-corrected chi connectivity index (χ2v) is 19.8. The summed E-state index contributed by atoms with van der Waals surface area (Å²) in [5, 5.41) is 2.12. The lowest BCUT2D eigenvalue weighted by Gasteiger charge is -2.34. The molecule has 3 aromatic rings. The number of aliphatic imine (C=N–C) groups is 2. The smallest absolute Gasteiger partial charge is 0.412 e. The third-order valence-electron chi connectivity index (χ3n) is 12.8. The van der Waals surface area contributed by atoms with E-state index in [1.807, 2.05) is 77.5 Å². The third kappa shape index (κ3) is 7.80. The van der Waals surface area contributed by atoms with E-state index in [-0.39, 0.29) is 35.9 Å². The summed E-state index contributed by atoms with van der Waals surface area (Å²) in [6.07, 6.45) is 3.70. The van der Waals surface area contributed by atoms with Gasteiger partial charge in [-0.05, 0) is 130 Å². The molecule has 3 aromatic carbocycles. The van der Waals surface area contributed by atoms with E-state index in [9.17, 15) is 14.4 Å². The van der Waals surface area contributed by atoms with E-state index >= 15 is 0 Å². The number of likely N-dealkylation sites (tertiary alicyclic amines) is 1. The molecule has 5 atom stereocenters. The van der Waals surface area contributed by atoms with Crippen molar-refractivity contribution in [1.29, 1.82) is 0 Å². The topological polar surface area (TPSA) is 113 Å². The van der Waals surface area contributed by atoms with E-state index < -0.39 is 23.5 Å². The van der Waals surface area contributed by atoms with Gasteiger partial charge in [-0.2, -0.15) is 0 Å². The average Bonchev–Trinajstić information content (AvgIpc) is 3.99. The van der Waals surface area contributed by atoms with Crippen LogP contribution in [0.3, 0.4) is 0 Å². The summed E-state index contributed by atoms with van der Waals surface area (Å²) < 4.78 is 18.2. The number of carbonyl (C=O) groups is 3. The van der Waals surface area contributed by atoms with Crippen LogP contribution >= 0.6 is 0 Å². The van der Waals surface area contributed by atoms with Crippen LogP contribution in [0.15, 0.2) is 58.6 Å². The van der Waals surface area contributed by atoms with Gasteiger partial charge in [-0.3, -0.25) is 24.6 Å². The highest BCUT2D eigenvalue weighted by Crippen LogP contribution is 2.45. The summed E-state index contributed by atoms with van der Waals surface area (Å²) in [5.74, 6) is 1.18. The van der Waals surface area contributed by atoms with Crippen molar-refractivity contribution in [3.63, 3.8) is 0 Å². The standard InChI is InChI=1S/C49H61N5O6/c1-12-30-17-42(52(25-30)46(56)59-48(6,7)8)40-20-33(23-50-40)31-13-15-35-34(18-31)26-58-43-22-36-32(19-38(35)43)14-16-39-37(36)21-41(51-39)44-53(47(57)60-49(9,10)11)24-28(4)54(44)45(55)29(5)27(2)3/h13-16,18-19,22-23,27-30,42,44H,12,17,20-21,24-26H2,1-11H3/t28-,29-,30-,42-,44+/m0/s1. The fourth-order valence-electron chi connectivity index (χ4n) is 9.32. The Hall–Kier alpha value is -5.19. The highest BCUT2D eigenvalue weighted by molar-refractivity contribution is 6.07. The molecule has 8 rings (SSSR count). The van der Waals surface area contributed by atoms with Crippen molar-refractivity contribution in [2.24, 2.45) is 27.7 Å². The number of amides is 3. The van der Waals surface area contributed by atoms with Crippen LogP contribution in [0.4, 0.5) is 15.3 Å². The van der Waals surface area contributed by atoms with E-state index in [4.69, 9.17) is 24.2 Å². The van der Waals surface area contributed by atoms with Gasteiger partial charge in [0.2, 0.25) is 5.91 Å². The highest BCUT2D eigenvalue weighted by atomic mass is 16.6.